The molecule has 3 atom stereocenters. The number of imidazole rings is 1. The molecule has 0 spiro atoms. The number of nitrogens with two attached hydrogens (primary N) is 1. The average molecular weight is 267 g/mol. The van der Waals surface area contributed by atoms with Crippen molar-refractivity contribution in [2.45, 2.75) is 12.3 Å². The van der Waals surface area contributed by atoms with Gasteiger partial charge in [-0.3, -0.25) is 14.3 Å². The minimum Gasteiger partial charge on any atom is -0.396 e. The molecule has 0 radical (unpaired) electrons. The number of anilines is 1. The number of H-pyrrole nitrogens is 1. The van der Waals surface area contributed by atoms with Crippen molar-refractivity contribution in [2.24, 2.45) is 5.92 Å². The van der Waals surface area contributed by atoms with E-state index in [2.05, 4.69) is 15.0 Å². The zero-order valence-electron chi connectivity index (χ0n) is 9.85. The van der Waals surface area contributed by atoms with Crippen LogP contribution < -0.4 is 11.3 Å². The largest absolute Gasteiger partial charge is 0.396 e. The van der Waals surface area contributed by atoms with E-state index in [0.717, 1.165) is 0 Å². The third kappa shape index (κ3) is 1.70. The first-order valence-corrected chi connectivity index (χ1v) is 5.75. The van der Waals surface area contributed by atoms with E-state index in [-0.39, 0.29) is 30.6 Å². The molecular weight excluding hydrogens is 254 g/mol. The van der Waals surface area contributed by atoms with E-state index in [1.807, 2.05) is 0 Å². The molecule has 102 valence electrons. The monoisotopic (exact) mass is 267 g/mol. The first-order valence-electron chi connectivity index (χ1n) is 5.75. The quantitative estimate of drug-likeness (QED) is 0.514. The Morgan fingerprint density at radius 1 is 1.47 bits per heavy atom. The Labute approximate surface area is 106 Å². The summed E-state index contributed by atoms with van der Waals surface area (Å²) < 4.78 is 6.98. The lowest BCUT2D eigenvalue weighted by Crippen LogP contribution is -2.49. The molecule has 3 rings (SSSR count). The van der Waals surface area contributed by atoms with Crippen molar-refractivity contribution in [3.05, 3.63) is 16.7 Å². The minimum atomic E-state index is -0.513. The predicted octanol–water partition coefficient (Wildman–Crippen LogP) is -1.80. The van der Waals surface area contributed by atoms with Gasteiger partial charge in [-0.1, -0.05) is 0 Å². The smallest absolute Gasteiger partial charge is 0.280 e. The molecule has 5 N–H and O–H groups in total. The van der Waals surface area contributed by atoms with Crippen LogP contribution >= 0.6 is 0 Å². The molecule has 3 heterocycles. The first kappa shape index (κ1) is 12.1. The number of aliphatic hydroxyl groups excluding tert-OH is 2. The summed E-state index contributed by atoms with van der Waals surface area (Å²) >= 11 is 0. The number of ether oxygens (including phenoxy) is 1. The summed E-state index contributed by atoms with van der Waals surface area (Å²) in [5.41, 5.74) is 5.51. The van der Waals surface area contributed by atoms with Crippen LogP contribution in [0.25, 0.3) is 11.2 Å². The number of aromatic amines is 1. The molecule has 2 aromatic heterocycles. The van der Waals surface area contributed by atoms with Gasteiger partial charge < -0.3 is 20.7 Å². The molecule has 0 saturated carbocycles. The van der Waals surface area contributed by atoms with Crippen LogP contribution in [0, 0.1) is 5.92 Å². The molecule has 9 nitrogen and oxygen atoms in total. The minimum absolute atomic E-state index is 0.0159. The summed E-state index contributed by atoms with van der Waals surface area (Å²) in [4.78, 5) is 22.0. The average Bonchev–Trinajstić information content (AvgIpc) is 2.73. The van der Waals surface area contributed by atoms with Crippen LogP contribution in [0.5, 0.6) is 0 Å². The van der Waals surface area contributed by atoms with Gasteiger partial charge in [0, 0.05) is 0 Å². The Balaban J connectivity index is 2.05. The maximum Gasteiger partial charge on any atom is 0.280 e. The fourth-order valence-corrected chi connectivity index (χ4v) is 2.26. The van der Waals surface area contributed by atoms with Crippen LogP contribution in [0.15, 0.2) is 11.1 Å². The van der Waals surface area contributed by atoms with Gasteiger partial charge >= 0.3 is 0 Å². The van der Waals surface area contributed by atoms with Crippen LogP contribution in [0.1, 0.15) is 6.23 Å². The maximum atomic E-state index is 11.6. The number of aliphatic hydroxyl groups is 2. The normalized spacial score (nSPS) is 26.5. The van der Waals surface area contributed by atoms with Gasteiger partial charge in [-0.25, -0.2) is 4.98 Å². The van der Waals surface area contributed by atoms with E-state index < -0.39 is 17.9 Å². The second kappa shape index (κ2) is 4.30. The van der Waals surface area contributed by atoms with Gasteiger partial charge in [-0.2, -0.15) is 4.98 Å². The molecule has 2 aromatic rings. The summed E-state index contributed by atoms with van der Waals surface area (Å²) in [5, 5.41) is 18.4. The van der Waals surface area contributed by atoms with Crippen molar-refractivity contribution in [2.75, 3.05) is 18.9 Å². The van der Waals surface area contributed by atoms with Gasteiger partial charge in [0.05, 0.1) is 31.6 Å². The van der Waals surface area contributed by atoms with Crippen LogP contribution in [0.2, 0.25) is 0 Å². The number of hydrogen-bond donors (Lipinski definition) is 4. The summed E-state index contributed by atoms with van der Waals surface area (Å²) in [6.07, 6.45) is 0.473. The second-order valence-electron chi connectivity index (χ2n) is 4.37. The zero-order valence-corrected chi connectivity index (χ0v) is 9.85. The van der Waals surface area contributed by atoms with Gasteiger partial charge in [0.1, 0.15) is 6.23 Å². The molecule has 1 saturated heterocycles. The van der Waals surface area contributed by atoms with Crippen molar-refractivity contribution in [1.29, 1.82) is 0 Å². The van der Waals surface area contributed by atoms with Gasteiger partial charge in [0.2, 0.25) is 5.95 Å². The van der Waals surface area contributed by atoms with Gasteiger partial charge in [0.25, 0.3) is 5.56 Å². The molecule has 1 fully saturated rings. The van der Waals surface area contributed by atoms with Crippen molar-refractivity contribution in [3.63, 3.8) is 0 Å². The maximum absolute atomic E-state index is 11.6. The molecule has 1 aliphatic heterocycles. The van der Waals surface area contributed by atoms with Gasteiger partial charge in [-0.05, 0) is 0 Å². The number of rotatable bonds is 3. The van der Waals surface area contributed by atoms with Crippen molar-refractivity contribution < 1.29 is 14.9 Å². The van der Waals surface area contributed by atoms with E-state index in [9.17, 15) is 9.90 Å². The second-order valence-corrected chi connectivity index (χ2v) is 4.37. The Bertz CT molecular complexity index is 665. The number of nitrogens with one attached hydrogen (secondary N) is 1. The van der Waals surface area contributed by atoms with Crippen molar-refractivity contribution in [1.82, 2.24) is 19.5 Å². The van der Waals surface area contributed by atoms with E-state index in [4.69, 9.17) is 15.6 Å². The molecule has 19 heavy (non-hydrogen) atoms. The summed E-state index contributed by atoms with van der Waals surface area (Å²) in [7, 11) is 0. The fourth-order valence-electron chi connectivity index (χ4n) is 2.26. The molecule has 0 amide bonds. The van der Waals surface area contributed by atoms with E-state index in [1.165, 1.54) is 10.9 Å². The molecular formula is C10H13N5O4. The zero-order chi connectivity index (χ0) is 13.6. The SMILES string of the molecule is Nc1nc2c(ncn2[C@@H]2O[C@H](CO)[C@@H]2CO)c(=O)[nH]1. The van der Waals surface area contributed by atoms with Crippen LogP contribution in [0.4, 0.5) is 5.95 Å². The molecule has 0 aromatic carbocycles. The van der Waals surface area contributed by atoms with Crippen LogP contribution in [0.3, 0.4) is 0 Å². The molecule has 0 unspecified atom stereocenters. The molecule has 0 bridgehead atoms. The number of fused-ring (bicyclic) bond motifs is 1. The number of nitrogens with zero attached hydrogens (tertiary/aromatic N) is 3. The Morgan fingerprint density at radius 2 is 2.26 bits per heavy atom. The molecule has 1 aliphatic rings. The summed E-state index contributed by atoms with van der Waals surface area (Å²) in [5.74, 6) is -0.289. The Kier molecular flexibility index (Phi) is 2.73. The highest BCUT2D eigenvalue weighted by atomic mass is 16.5. The lowest BCUT2D eigenvalue weighted by atomic mass is 9.95. The van der Waals surface area contributed by atoms with Crippen molar-refractivity contribution >= 4 is 17.1 Å². The van der Waals surface area contributed by atoms with E-state index in [0.29, 0.717) is 5.65 Å². The molecule has 9 heteroatoms. The summed E-state index contributed by atoms with van der Waals surface area (Å²) in [6.45, 7) is -0.321. The Morgan fingerprint density at radius 3 is 2.95 bits per heavy atom. The third-order valence-corrected chi connectivity index (χ3v) is 3.27. The highest BCUT2D eigenvalue weighted by Crippen LogP contribution is 2.37. The first-order chi connectivity index (χ1) is 9.15. The van der Waals surface area contributed by atoms with Gasteiger partial charge in [0.15, 0.2) is 11.2 Å². The predicted molar refractivity (Wildman–Crippen MR) is 64.1 cm³/mol. The number of nitrogen functional groups attached to an aromatic ring is 1. The highest BCUT2D eigenvalue weighted by molar-refractivity contribution is 5.70. The van der Waals surface area contributed by atoms with E-state index in [1.54, 1.807) is 0 Å². The van der Waals surface area contributed by atoms with Crippen LogP contribution in [-0.2, 0) is 4.74 Å². The fraction of sp³-hybridized carbons (Fsp3) is 0.500. The van der Waals surface area contributed by atoms with Crippen molar-refractivity contribution in [3.8, 4) is 0 Å². The standard InChI is InChI=1S/C10H13N5O4/c11-10-13-7-6(8(18)14-10)12-3-15(7)9-4(1-16)5(2-17)19-9/h3-5,9,16-17H,1-2H2,(H3,11,13,14,18)/t4-,5+,9+/m0/s1. The van der Waals surface area contributed by atoms with Gasteiger partial charge in [-0.15, -0.1) is 0 Å². The van der Waals surface area contributed by atoms with E-state index >= 15 is 0 Å². The van der Waals surface area contributed by atoms with Crippen LogP contribution in [-0.4, -0.2) is 49.0 Å². The highest BCUT2D eigenvalue weighted by Gasteiger charge is 2.43. The Hall–Kier alpha value is -1.97. The lowest BCUT2D eigenvalue weighted by molar-refractivity contribution is -0.243. The topological polar surface area (TPSA) is 139 Å². The molecule has 0 aliphatic carbocycles. The third-order valence-electron chi connectivity index (χ3n) is 3.27. The number of hydrogen-bond acceptors (Lipinski definition) is 7. The number of aromatic nitrogens is 4. The summed E-state index contributed by atoms with van der Waals surface area (Å²) in [6, 6.07) is 0. The lowest BCUT2D eigenvalue weighted by Gasteiger charge is -2.43.